The summed E-state index contributed by atoms with van der Waals surface area (Å²) in [4.78, 5) is 12.3. The predicted molar refractivity (Wildman–Crippen MR) is 128 cm³/mol. The smallest absolute Gasteiger partial charge is 0.425 e. The summed E-state index contributed by atoms with van der Waals surface area (Å²) in [6.07, 6.45) is 1.86. The summed E-state index contributed by atoms with van der Waals surface area (Å²) in [6, 6.07) is 9.22. The monoisotopic (exact) mass is 498 g/mol. The number of unbranched alkanes of at least 4 members (excludes halogenated alkanes) is 7. The summed E-state index contributed by atoms with van der Waals surface area (Å²) in [6.45, 7) is 4.01. The number of hydrogen-bond acceptors (Lipinski definition) is 2. The van der Waals surface area contributed by atoms with Crippen LogP contribution in [0.2, 0.25) is 0 Å². The number of esters is 1. The summed E-state index contributed by atoms with van der Waals surface area (Å²) < 4.78 is 73.7. The van der Waals surface area contributed by atoms with Crippen LogP contribution in [0.4, 0.5) is 22.0 Å². The van der Waals surface area contributed by atoms with Crippen molar-refractivity contribution in [2.75, 3.05) is 0 Å². The van der Waals surface area contributed by atoms with Crippen LogP contribution in [-0.4, -0.2) is 18.2 Å². The van der Waals surface area contributed by atoms with E-state index >= 15 is 0 Å². The van der Waals surface area contributed by atoms with Crippen molar-refractivity contribution in [3.8, 4) is 11.1 Å². The number of halogens is 5. The van der Waals surface area contributed by atoms with Crippen LogP contribution in [0.1, 0.15) is 94.0 Å². The summed E-state index contributed by atoms with van der Waals surface area (Å²) in [7, 11) is 0. The Balaban J connectivity index is 2.07. The first-order chi connectivity index (χ1) is 16.7. The lowest BCUT2D eigenvalue weighted by Gasteiger charge is -2.21. The molecule has 194 valence electrons. The number of benzene rings is 2. The molecule has 0 aliphatic carbocycles. The zero-order chi connectivity index (χ0) is 25.8. The van der Waals surface area contributed by atoms with E-state index in [-0.39, 0.29) is 12.0 Å². The van der Waals surface area contributed by atoms with Gasteiger partial charge in [0.15, 0.2) is 17.7 Å². The topological polar surface area (TPSA) is 26.3 Å². The maximum absolute atomic E-state index is 14.8. The Morgan fingerprint density at radius 3 is 2.03 bits per heavy atom. The quantitative estimate of drug-likeness (QED) is 0.147. The van der Waals surface area contributed by atoms with E-state index in [1.807, 2.05) is 19.1 Å². The minimum Gasteiger partial charge on any atom is -0.449 e. The third-order valence-corrected chi connectivity index (χ3v) is 6.07. The zero-order valence-electron chi connectivity index (χ0n) is 20.5. The van der Waals surface area contributed by atoms with Crippen LogP contribution in [0.25, 0.3) is 11.1 Å². The average Bonchev–Trinajstić information content (AvgIpc) is 2.82. The largest absolute Gasteiger partial charge is 0.449 e. The summed E-state index contributed by atoms with van der Waals surface area (Å²) in [5.74, 6) is -4.34. The molecule has 0 aliphatic rings. The van der Waals surface area contributed by atoms with Gasteiger partial charge in [0.05, 0.1) is 5.56 Å². The van der Waals surface area contributed by atoms with E-state index in [4.69, 9.17) is 0 Å². The lowest BCUT2D eigenvalue weighted by molar-refractivity contribution is -0.206. The molecular weight excluding hydrogens is 463 g/mol. The molecule has 0 saturated heterocycles. The fourth-order valence-electron chi connectivity index (χ4n) is 3.95. The second kappa shape index (κ2) is 14.2. The highest BCUT2D eigenvalue weighted by atomic mass is 19.4. The Bertz CT molecular complexity index is 922. The second-order valence-corrected chi connectivity index (χ2v) is 8.93. The number of aryl methyl sites for hydroxylation is 1. The van der Waals surface area contributed by atoms with Gasteiger partial charge in [0.2, 0.25) is 0 Å². The standard InChI is InChI=1S/C28H35F5O2/c1-3-5-7-8-9-11-12-20-14-16-21(17-15-20)22-18-19-23(26(30)25(22)29)27(34)35-24(28(31,32)33)13-10-6-4-2/h14-19,24H,3-13H2,1-2H3. The van der Waals surface area contributed by atoms with Crippen molar-refractivity contribution in [1.82, 2.24) is 0 Å². The molecule has 0 bridgehead atoms. The first-order valence-electron chi connectivity index (χ1n) is 12.5. The van der Waals surface area contributed by atoms with Gasteiger partial charge in [-0.15, -0.1) is 0 Å². The van der Waals surface area contributed by atoms with Gasteiger partial charge >= 0.3 is 12.1 Å². The van der Waals surface area contributed by atoms with Gasteiger partial charge in [0, 0.05) is 5.56 Å². The van der Waals surface area contributed by atoms with Gasteiger partial charge in [-0.1, -0.05) is 89.1 Å². The van der Waals surface area contributed by atoms with E-state index in [9.17, 15) is 26.7 Å². The van der Waals surface area contributed by atoms with Crippen LogP contribution in [0.5, 0.6) is 0 Å². The van der Waals surface area contributed by atoms with Crippen molar-refractivity contribution in [2.24, 2.45) is 0 Å². The van der Waals surface area contributed by atoms with Crippen LogP contribution in [-0.2, 0) is 11.2 Å². The van der Waals surface area contributed by atoms with Crippen molar-refractivity contribution >= 4 is 5.97 Å². The second-order valence-electron chi connectivity index (χ2n) is 8.93. The van der Waals surface area contributed by atoms with E-state index < -0.39 is 41.9 Å². The molecule has 2 nitrogen and oxygen atoms in total. The predicted octanol–water partition coefficient (Wildman–Crippen LogP) is 9.20. The lowest BCUT2D eigenvalue weighted by Crippen LogP contribution is -2.34. The van der Waals surface area contributed by atoms with Crippen LogP contribution in [0.3, 0.4) is 0 Å². The molecule has 0 N–H and O–H groups in total. The molecular formula is C28H35F5O2. The molecule has 1 unspecified atom stereocenters. The molecule has 0 saturated carbocycles. The molecule has 2 rings (SSSR count). The normalized spacial score (nSPS) is 12.5. The molecule has 0 aromatic heterocycles. The molecule has 2 aromatic rings. The van der Waals surface area contributed by atoms with Crippen LogP contribution in [0, 0.1) is 11.6 Å². The fraction of sp³-hybridized carbons (Fsp3) is 0.536. The van der Waals surface area contributed by atoms with Crippen molar-refractivity contribution in [3.63, 3.8) is 0 Å². The molecule has 1 atom stereocenters. The van der Waals surface area contributed by atoms with Gasteiger partial charge < -0.3 is 4.74 Å². The average molecular weight is 499 g/mol. The number of rotatable bonds is 14. The van der Waals surface area contributed by atoms with Gasteiger partial charge in [-0.25, -0.2) is 13.6 Å². The maximum atomic E-state index is 14.8. The number of ether oxygens (including phenoxy) is 1. The summed E-state index contributed by atoms with van der Waals surface area (Å²) in [5.41, 5.74) is 0.587. The van der Waals surface area contributed by atoms with Crippen LogP contribution < -0.4 is 0 Å². The van der Waals surface area contributed by atoms with Crippen molar-refractivity contribution in [1.29, 1.82) is 0 Å². The summed E-state index contributed by atoms with van der Waals surface area (Å²) in [5, 5.41) is 0. The van der Waals surface area contributed by atoms with Crippen molar-refractivity contribution in [3.05, 3.63) is 59.2 Å². The van der Waals surface area contributed by atoms with Crippen LogP contribution >= 0.6 is 0 Å². The number of carbonyl (C=O) groups is 1. The van der Waals surface area contributed by atoms with Gasteiger partial charge in [-0.05, 0) is 42.9 Å². The number of hydrogen-bond donors (Lipinski definition) is 0. The van der Waals surface area contributed by atoms with Gasteiger partial charge in [0.25, 0.3) is 0 Å². The third-order valence-electron chi connectivity index (χ3n) is 6.07. The van der Waals surface area contributed by atoms with Crippen molar-refractivity contribution in [2.45, 2.75) is 96.8 Å². The molecule has 0 aliphatic heterocycles. The Hall–Kier alpha value is -2.44. The third kappa shape index (κ3) is 8.93. The Kier molecular flexibility index (Phi) is 11.7. The minimum absolute atomic E-state index is 0.0690. The van der Waals surface area contributed by atoms with E-state index in [1.54, 1.807) is 12.1 Å². The van der Waals surface area contributed by atoms with Gasteiger partial charge in [-0.2, -0.15) is 13.2 Å². The van der Waals surface area contributed by atoms with E-state index in [1.165, 1.54) is 31.7 Å². The first kappa shape index (κ1) is 28.8. The molecule has 35 heavy (non-hydrogen) atoms. The molecule has 0 spiro atoms. The Labute approximate surface area is 204 Å². The summed E-state index contributed by atoms with van der Waals surface area (Å²) >= 11 is 0. The lowest BCUT2D eigenvalue weighted by atomic mass is 9.99. The molecule has 0 amide bonds. The fourth-order valence-corrected chi connectivity index (χ4v) is 3.95. The van der Waals surface area contributed by atoms with Gasteiger partial charge in [-0.3, -0.25) is 0 Å². The molecule has 0 heterocycles. The zero-order valence-corrected chi connectivity index (χ0v) is 20.5. The SMILES string of the molecule is CCCCCCCCc1ccc(-c2ccc(C(=O)OC(CCCCC)C(F)(F)F)c(F)c2F)cc1. The molecule has 0 fully saturated rings. The number of carbonyl (C=O) groups excluding carboxylic acids is 1. The van der Waals surface area contributed by atoms with Crippen molar-refractivity contribution < 1.29 is 31.5 Å². The van der Waals surface area contributed by atoms with Gasteiger partial charge in [0.1, 0.15) is 0 Å². The van der Waals surface area contributed by atoms with E-state index in [0.717, 1.165) is 30.9 Å². The van der Waals surface area contributed by atoms with Crippen LogP contribution in [0.15, 0.2) is 36.4 Å². The molecule has 0 radical (unpaired) electrons. The number of alkyl halides is 3. The minimum atomic E-state index is -4.78. The highest BCUT2D eigenvalue weighted by Gasteiger charge is 2.42. The molecule has 7 heteroatoms. The van der Waals surface area contributed by atoms with E-state index in [0.29, 0.717) is 18.4 Å². The highest BCUT2D eigenvalue weighted by Crippen LogP contribution is 2.30. The maximum Gasteiger partial charge on any atom is 0.425 e. The van der Waals surface area contributed by atoms with E-state index in [2.05, 4.69) is 11.7 Å². The molecule has 2 aromatic carbocycles. The highest BCUT2D eigenvalue weighted by molar-refractivity contribution is 5.90. The Morgan fingerprint density at radius 1 is 0.800 bits per heavy atom. The first-order valence-corrected chi connectivity index (χ1v) is 12.5. The Morgan fingerprint density at radius 2 is 1.40 bits per heavy atom.